The molecule has 0 saturated heterocycles. The molecule has 2 atom stereocenters. The fourth-order valence-corrected chi connectivity index (χ4v) is 2.74. The number of carbonyl (C=O) groups is 1. The van der Waals surface area contributed by atoms with Gasteiger partial charge in [-0.25, -0.2) is 0 Å². The second kappa shape index (κ2) is 9.04. The van der Waals surface area contributed by atoms with E-state index in [1.807, 2.05) is 52.2 Å². The van der Waals surface area contributed by atoms with Gasteiger partial charge in [0, 0.05) is 29.7 Å². The van der Waals surface area contributed by atoms with E-state index in [1.54, 1.807) is 12.3 Å². The first-order valence-corrected chi connectivity index (χ1v) is 8.74. The Hall–Kier alpha value is -1.82. The fourth-order valence-electron chi connectivity index (χ4n) is 2.56. The third kappa shape index (κ3) is 5.88. The van der Waals surface area contributed by atoms with Crippen molar-refractivity contribution in [2.24, 2.45) is 0 Å². The molecule has 0 fully saturated rings. The molecule has 2 unspecified atom stereocenters. The largest absolute Gasteiger partial charge is 0.468 e. The zero-order valence-corrected chi connectivity index (χ0v) is 15.9. The maximum absolute atomic E-state index is 12.2. The van der Waals surface area contributed by atoms with Crippen LogP contribution in [0.5, 0.6) is 0 Å². The average Bonchev–Trinajstić information content (AvgIpc) is 3.04. The van der Waals surface area contributed by atoms with Gasteiger partial charge in [-0.05, 0) is 57.8 Å². The summed E-state index contributed by atoms with van der Waals surface area (Å²) in [6.07, 6.45) is 2.05. The summed E-state index contributed by atoms with van der Waals surface area (Å²) in [7, 11) is 4.01. The summed E-state index contributed by atoms with van der Waals surface area (Å²) < 4.78 is 5.50. The van der Waals surface area contributed by atoms with Gasteiger partial charge in [0.2, 0.25) is 5.91 Å². The van der Waals surface area contributed by atoms with E-state index in [1.165, 1.54) is 0 Å². The van der Waals surface area contributed by atoms with Crippen LogP contribution in [-0.2, 0) is 4.79 Å². The first-order valence-electron chi connectivity index (χ1n) is 8.36. The number of nitrogens with one attached hydrogen (secondary N) is 2. The molecule has 6 heteroatoms. The van der Waals surface area contributed by atoms with Crippen LogP contribution >= 0.6 is 11.6 Å². The second-order valence-corrected chi connectivity index (χ2v) is 6.93. The predicted octanol–water partition coefficient (Wildman–Crippen LogP) is 3.85. The maximum atomic E-state index is 12.2. The molecule has 136 valence electrons. The van der Waals surface area contributed by atoms with E-state index >= 15 is 0 Å². The molecule has 0 spiro atoms. The molecule has 1 aromatic carbocycles. The number of amides is 1. The Morgan fingerprint density at radius 3 is 2.68 bits per heavy atom. The van der Waals surface area contributed by atoms with Crippen molar-refractivity contribution in [3.05, 3.63) is 52.9 Å². The van der Waals surface area contributed by atoms with E-state index in [9.17, 15) is 4.79 Å². The minimum absolute atomic E-state index is 0.0401. The highest BCUT2D eigenvalue weighted by molar-refractivity contribution is 6.31. The number of aryl methyl sites for hydroxylation is 1. The van der Waals surface area contributed by atoms with Crippen LogP contribution < -0.4 is 10.6 Å². The van der Waals surface area contributed by atoms with Gasteiger partial charge in [0.25, 0.3) is 0 Å². The number of nitrogens with zero attached hydrogens (tertiary/aromatic N) is 1. The summed E-state index contributed by atoms with van der Waals surface area (Å²) in [6.45, 7) is 4.63. The van der Waals surface area contributed by atoms with Gasteiger partial charge in [-0.2, -0.15) is 0 Å². The number of hydrogen-bond acceptors (Lipinski definition) is 4. The third-order valence-corrected chi connectivity index (χ3v) is 4.51. The van der Waals surface area contributed by atoms with Crippen molar-refractivity contribution < 1.29 is 9.21 Å². The van der Waals surface area contributed by atoms with Crippen LogP contribution in [-0.4, -0.2) is 37.5 Å². The highest BCUT2D eigenvalue weighted by Gasteiger charge is 2.18. The molecule has 2 aromatic rings. The van der Waals surface area contributed by atoms with Crippen LogP contribution in [0, 0.1) is 6.92 Å². The van der Waals surface area contributed by atoms with Gasteiger partial charge in [-0.3, -0.25) is 9.69 Å². The number of rotatable bonds is 8. The Labute approximate surface area is 154 Å². The van der Waals surface area contributed by atoms with Crippen LogP contribution in [0.15, 0.2) is 41.0 Å². The van der Waals surface area contributed by atoms with Crippen LogP contribution in [0.4, 0.5) is 5.69 Å². The van der Waals surface area contributed by atoms with E-state index in [2.05, 4.69) is 15.5 Å². The first-order chi connectivity index (χ1) is 11.9. The summed E-state index contributed by atoms with van der Waals surface area (Å²) >= 11 is 6.09. The molecular formula is C19H26ClN3O2. The van der Waals surface area contributed by atoms with Gasteiger partial charge in [0.15, 0.2) is 0 Å². The van der Waals surface area contributed by atoms with E-state index in [-0.39, 0.29) is 18.0 Å². The van der Waals surface area contributed by atoms with Crippen molar-refractivity contribution in [2.45, 2.75) is 32.4 Å². The minimum atomic E-state index is -0.0423. The van der Waals surface area contributed by atoms with Crippen molar-refractivity contribution in [1.82, 2.24) is 10.2 Å². The lowest BCUT2D eigenvalue weighted by molar-refractivity contribution is -0.116. The molecule has 1 amide bonds. The molecule has 25 heavy (non-hydrogen) atoms. The Balaban J connectivity index is 1.83. The van der Waals surface area contributed by atoms with Crippen LogP contribution in [0.25, 0.3) is 0 Å². The van der Waals surface area contributed by atoms with Crippen molar-refractivity contribution in [2.75, 3.05) is 26.0 Å². The Morgan fingerprint density at radius 1 is 1.32 bits per heavy atom. The second-order valence-electron chi connectivity index (χ2n) is 6.52. The van der Waals surface area contributed by atoms with Crippen molar-refractivity contribution >= 4 is 23.2 Å². The Bertz CT molecular complexity index is 686. The van der Waals surface area contributed by atoms with Gasteiger partial charge in [-0.1, -0.05) is 17.7 Å². The lowest BCUT2D eigenvalue weighted by Crippen LogP contribution is -2.37. The fraction of sp³-hybridized carbons (Fsp3) is 0.421. The molecule has 0 bridgehead atoms. The molecule has 0 aliphatic rings. The Kier molecular flexibility index (Phi) is 7.05. The zero-order valence-electron chi connectivity index (χ0n) is 15.2. The molecule has 1 heterocycles. The first kappa shape index (κ1) is 19.5. The molecule has 0 aliphatic carbocycles. The Morgan fingerprint density at radius 2 is 2.08 bits per heavy atom. The number of anilines is 1. The number of likely N-dealkylation sites (N-methyl/N-ethyl adjacent to an activating group) is 1. The highest BCUT2D eigenvalue weighted by atomic mass is 35.5. The summed E-state index contributed by atoms with van der Waals surface area (Å²) in [4.78, 5) is 14.3. The minimum Gasteiger partial charge on any atom is -0.468 e. The summed E-state index contributed by atoms with van der Waals surface area (Å²) in [5, 5.41) is 6.94. The summed E-state index contributed by atoms with van der Waals surface area (Å²) in [5.41, 5.74) is 1.71. The number of hydrogen-bond donors (Lipinski definition) is 2. The van der Waals surface area contributed by atoms with Crippen molar-refractivity contribution in [3.63, 3.8) is 0 Å². The van der Waals surface area contributed by atoms with Crippen LogP contribution in [0.3, 0.4) is 0 Å². The molecule has 0 saturated carbocycles. The van der Waals surface area contributed by atoms with E-state index in [4.69, 9.17) is 16.0 Å². The van der Waals surface area contributed by atoms with Crippen molar-refractivity contribution in [3.8, 4) is 0 Å². The molecular weight excluding hydrogens is 338 g/mol. The number of furan rings is 1. The van der Waals surface area contributed by atoms with E-state index in [0.717, 1.165) is 17.0 Å². The van der Waals surface area contributed by atoms with Gasteiger partial charge < -0.3 is 15.1 Å². The zero-order chi connectivity index (χ0) is 18.4. The monoisotopic (exact) mass is 363 g/mol. The van der Waals surface area contributed by atoms with E-state index in [0.29, 0.717) is 18.0 Å². The van der Waals surface area contributed by atoms with Crippen molar-refractivity contribution in [1.29, 1.82) is 0 Å². The number of benzene rings is 1. The quantitative estimate of drug-likeness (QED) is 0.748. The van der Waals surface area contributed by atoms with Gasteiger partial charge in [-0.15, -0.1) is 0 Å². The van der Waals surface area contributed by atoms with Gasteiger partial charge in [0.1, 0.15) is 5.76 Å². The molecule has 2 N–H and O–H groups in total. The smallest absolute Gasteiger partial charge is 0.225 e. The molecule has 0 aliphatic heterocycles. The molecule has 1 aromatic heterocycles. The summed E-state index contributed by atoms with van der Waals surface area (Å²) in [6, 6.07) is 9.53. The molecule has 2 rings (SSSR count). The van der Waals surface area contributed by atoms with Crippen LogP contribution in [0.1, 0.15) is 30.7 Å². The summed E-state index contributed by atoms with van der Waals surface area (Å²) in [5.74, 6) is 0.864. The number of halogens is 1. The molecule has 0 radical (unpaired) electrons. The normalized spacial score (nSPS) is 13.7. The number of carbonyl (C=O) groups excluding carboxylic acids is 1. The average molecular weight is 364 g/mol. The maximum Gasteiger partial charge on any atom is 0.225 e. The van der Waals surface area contributed by atoms with Gasteiger partial charge in [0.05, 0.1) is 12.3 Å². The standard InChI is InChI=1S/C19H26ClN3O2/c1-13-7-8-15(11-16(13)20)22-19(24)10-14(2)21-12-17(23(3)4)18-6-5-9-25-18/h5-9,11,14,17,21H,10,12H2,1-4H3,(H,22,24). The molecule has 5 nitrogen and oxygen atoms in total. The highest BCUT2D eigenvalue weighted by Crippen LogP contribution is 2.20. The predicted molar refractivity (Wildman–Crippen MR) is 102 cm³/mol. The van der Waals surface area contributed by atoms with Gasteiger partial charge >= 0.3 is 0 Å². The van der Waals surface area contributed by atoms with Crippen LogP contribution in [0.2, 0.25) is 5.02 Å². The lowest BCUT2D eigenvalue weighted by atomic mass is 10.1. The lowest BCUT2D eigenvalue weighted by Gasteiger charge is -2.24. The third-order valence-electron chi connectivity index (χ3n) is 4.10. The van der Waals surface area contributed by atoms with E-state index < -0.39 is 0 Å². The SMILES string of the molecule is Cc1ccc(NC(=O)CC(C)NCC(c2ccco2)N(C)C)cc1Cl. The topological polar surface area (TPSA) is 57.5 Å².